The van der Waals surface area contributed by atoms with Crippen molar-refractivity contribution in [2.24, 2.45) is 0 Å². The minimum absolute atomic E-state index is 0.00744. The van der Waals surface area contributed by atoms with Crippen molar-refractivity contribution >= 4 is 15.7 Å². The molecule has 2 N–H and O–H groups in total. The summed E-state index contributed by atoms with van der Waals surface area (Å²) in [6.45, 7) is 4.49. The molecule has 7 nitrogen and oxygen atoms in total. The predicted molar refractivity (Wildman–Crippen MR) is 103 cm³/mol. The fourth-order valence-electron chi connectivity index (χ4n) is 3.64. The zero-order valence-corrected chi connectivity index (χ0v) is 16.7. The summed E-state index contributed by atoms with van der Waals surface area (Å²) in [7, 11) is -3.53. The topological polar surface area (TPSA) is 93.7 Å². The first-order chi connectivity index (χ1) is 12.8. The van der Waals surface area contributed by atoms with Gasteiger partial charge in [-0.1, -0.05) is 12.1 Å². The number of hydrogen-bond acceptors (Lipinski definition) is 6. The number of sulfone groups is 1. The molecular formula is C19H28N2O5S. The Bertz CT molecular complexity index is 781. The van der Waals surface area contributed by atoms with Gasteiger partial charge in [0.15, 0.2) is 14.6 Å². The SMILES string of the molecule is Cc1ccc(CNC(=O)C2(S(C)(=O)=O)CCNCC2)c(OC2CCOC2)c1. The van der Waals surface area contributed by atoms with E-state index in [0.717, 1.165) is 23.8 Å². The number of amides is 1. The van der Waals surface area contributed by atoms with Crippen molar-refractivity contribution in [3.63, 3.8) is 0 Å². The van der Waals surface area contributed by atoms with Crippen LogP contribution in [0.4, 0.5) is 0 Å². The van der Waals surface area contributed by atoms with Crippen LogP contribution in [0.1, 0.15) is 30.4 Å². The van der Waals surface area contributed by atoms with Gasteiger partial charge < -0.3 is 20.1 Å². The average molecular weight is 397 g/mol. The first kappa shape index (κ1) is 20.1. The molecule has 2 fully saturated rings. The van der Waals surface area contributed by atoms with Crippen molar-refractivity contribution in [3.8, 4) is 5.75 Å². The highest BCUT2D eigenvalue weighted by Gasteiger charge is 2.48. The smallest absolute Gasteiger partial charge is 0.241 e. The van der Waals surface area contributed by atoms with Crippen molar-refractivity contribution < 1.29 is 22.7 Å². The second-order valence-corrected chi connectivity index (χ2v) is 9.74. The highest BCUT2D eigenvalue weighted by Crippen LogP contribution is 2.29. The van der Waals surface area contributed by atoms with Gasteiger partial charge in [-0.3, -0.25) is 4.79 Å². The van der Waals surface area contributed by atoms with Gasteiger partial charge in [-0.05, 0) is 44.5 Å². The first-order valence-corrected chi connectivity index (χ1v) is 11.2. The molecule has 27 heavy (non-hydrogen) atoms. The van der Waals surface area contributed by atoms with Crippen LogP contribution in [-0.4, -0.2) is 57.7 Å². The van der Waals surface area contributed by atoms with E-state index in [9.17, 15) is 13.2 Å². The Labute approximate surface area is 160 Å². The van der Waals surface area contributed by atoms with E-state index in [2.05, 4.69) is 10.6 Å². The third-order valence-electron chi connectivity index (χ3n) is 5.38. The Hall–Kier alpha value is -1.64. The molecule has 2 aliphatic heterocycles. The molecule has 0 spiro atoms. The number of hydrogen-bond donors (Lipinski definition) is 2. The van der Waals surface area contributed by atoms with Crippen molar-refractivity contribution in [2.45, 2.75) is 43.6 Å². The number of benzene rings is 1. The standard InChI is InChI=1S/C19H28N2O5S/c1-14-3-4-15(17(11-14)26-16-5-10-25-13-16)12-21-18(22)19(27(2,23)24)6-8-20-9-7-19/h3-4,11,16,20H,5-10,12-13H2,1-2H3,(H,21,22). The van der Waals surface area contributed by atoms with Gasteiger partial charge in [0.1, 0.15) is 11.9 Å². The molecule has 1 amide bonds. The number of piperidine rings is 1. The van der Waals surface area contributed by atoms with Crippen molar-refractivity contribution in [1.82, 2.24) is 10.6 Å². The number of aryl methyl sites for hydroxylation is 1. The summed E-state index contributed by atoms with van der Waals surface area (Å²) < 4.78 is 34.8. The van der Waals surface area contributed by atoms with E-state index in [-0.39, 0.29) is 25.5 Å². The van der Waals surface area contributed by atoms with E-state index < -0.39 is 20.5 Å². The lowest BCUT2D eigenvalue weighted by atomic mass is 9.95. The predicted octanol–water partition coefficient (Wildman–Crippen LogP) is 0.946. The number of ether oxygens (including phenoxy) is 2. The van der Waals surface area contributed by atoms with Crippen LogP contribution in [0.2, 0.25) is 0 Å². The van der Waals surface area contributed by atoms with Crippen LogP contribution in [0.15, 0.2) is 18.2 Å². The lowest BCUT2D eigenvalue weighted by Gasteiger charge is -2.34. The summed E-state index contributed by atoms with van der Waals surface area (Å²) in [4.78, 5) is 12.9. The van der Waals surface area contributed by atoms with E-state index in [1.807, 2.05) is 25.1 Å². The zero-order valence-electron chi connectivity index (χ0n) is 15.9. The molecule has 3 rings (SSSR count). The van der Waals surface area contributed by atoms with Gasteiger partial charge in [0.2, 0.25) is 5.91 Å². The van der Waals surface area contributed by atoms with Crippen LogP contribution >= 0.6 is 0 Å². The molecule has 2 heterocycles. The van der Waals surface area contributed by atoms with Gasteiger partial charge in [0, 0.05) is 24.8 Å². The van der Waals surface area contributed by atoms with Crippen LogP contribution in [-0.2, 0) is 25.9 Å². The van der Waals surface area contributed by atoms with Crippen LogP contribution < -0.4 is 15.4 Å². The van der Waals surface area contributed by atoms with Gasteiger partial charge in [0.05, 0.1) is 13.2 Å². The first-order valence-electron chi connectivity index (χ1n) is 9.34. The van der Waals surface area contributed by atoms with Crippen molar-refractivity contribution in [1.29, 1.82) is 0 Å². The van der Waals surface area contributed by atoms with Gasteiger partial charge in [-0.25, -0.2) is 8.42 Å². The number of carbonyl (C=O) groups excluding carboxylic acids is 1. The maximum absolute atomic E-state index is 12.9. The highest BCUT2D eigenvalue weighted by atomic mass is 32.2. The lowest BCUT2D eigenvalue weighted by molar-refractivity contribution is -0.124. The van der Waals surface area contributed by atoms with Gasteiger partial charge >= 0.3 is 0 Å². The van der Waals surface area contributed by atoms with E-state index >= 15 is 0 Å². The quantitative estimate of drug-likeness (QED) is 0.744. The summed E-state index contributed by atoms with van der Waals surface area (Å²) in [6.07, 6.45) is 2.57. The van der Waals surface area contributed by atoms with E-state index in [1.165, 1.54) is 0 Å². The maximum atomic E-state index is 12.9. The van der Waals surface area contributed by atoms with Crippen LogP contribution in [0, 0.1) is 6.92 Å². The van der Waals surface area contributed by atoms with Crippen LogP contribution in [0.5, 0.6) is 5.75 Å². The minimum atomic E-state index is -3.53. The fourth-order valence-corrected chi connectivity index (χ4v) is 4.99. The van der Waals surface area contributed by atoms with E-state index in [1.54, 1.807) is 0 Å². The normalized spacial score (nSPS) is 22.4. The second-order valence-electron chi connectivity index (χ2n) is 7.41. The van der Waals surface area contributed by atoms with Gasteiger partial charge in [0.25, 0.3) is 0 Å². The Balaban J connectivity index is 1.74. The molecule has 2 aliphatic rings. The summed E-state index contributed by atoms with van der Waals surface area (Å²) in [5.41, 5.74) is 1.89. The Kier molecular flexibility index (Phi) is 6.08. The molecule has 0 saturated carbocycles. The second kappa shape index (κ2) is 8.16. The molecule has 1 unspecified atom stereocenters. The molecule has 0 radical (unpaired) electrons. The summed E-state index contributed by atoms with van der Waals surface area (Å²) in [5, 5.41) is 5.96. The third-order valence-corrected chi connectivity index (χ3v) is 7.39. The average Bonchev–Trinajstić information content (AvgIpc) is 3.13. The molecule has 0 aliphatic carbocycles. The van der Waals surface area contributed by atoms with Crippen LogP contribution in [0.25, 0.3) is 0 Å². The molecule has 150 valence electrons. The fraction of sp³-hybridized carbons (Fsp3) is 0.632. The molecule has 8 heteroatoms. The van der Waals surface area contributed by atoms with E-state index in [4.69, 9.17) is 9.47 Å². The molecule has 1 aromatic rings. The molecule has 1 aromatic carbocycles. The Morgan fingerprint density at radius 3 is 2.74 bits per heavy atom. The third kappa shape index (κ3) is 4.44. The summed E-state index contributed by atoms with van der Waals surface area (Å²) >= 11 is 0. The largest absolute Gasteiger partial charge is 0.488 e. The minimum Gasteiger partial charge on any atom is -0.488 e. The molecule has 1 atom stereocenters. The number of rotatable bonds is 6. The number of carbonyl (C=O) groups is 1. The monoisotopic (exact) mass is 396 g/mol. The summed E-state index contributed by atoms with van der Waals surface area (Å²) in [6, 6.07) is 5.81. The zero-order chi connectivity index (χ0) is 19.5. The molecular weight excluding hydrogens is 368 g/mol. The van der Waals surface area contributed by atoms with Gasteiger partial charge in [-0.15, -0.1) is 0 Å². The maximum Gasteiger partial charge on any atom is 0.241 e. The molecule has 0 bridgehead atoms. The number of nitrogens with one attached hydrogen (secondary N) is 2. The van der Waals surface area contributed by atoms with Crippen molar-refractivity contribution in [2.75, 3.05) is 32.6 Å². The molecule has 2 saturated heterocycles. The van der Waals surface area contributed by atoms with Crippen molar-refractivity contribution in [3.05, 3.63) is 29.3 Å². The Morgan fingerprint density at radius 2 is 2.11 bits per heavy atom. The highest BCUT2D eigenvalue weighted by molar-refractivity contribution is 7.92. The lowest BCUT2D eigenvalue weighted by Crippen LogP contribution is -2.57. The van der Waals surface area contributed by atoms with Crippen LogP contribution in [0.3, 0.4) is 0 Å². The summed E-state index contributed by atoms with van der Waals surface area (Å²) in [5.74, 6) is 0.284. The van der Waals surface area contributed by atoms with Gasteiger partial charge in [-0.2, -0.15) is 0 Å². The Morgan fingerprint density at radius 1 is 1.37 bits per heavy atom. The van der Waals surface area contributed by atoms with E-state index in [0.29, 0.717) is 32.1 Å². The molecule has 0 aromatic heterocycles.